The summed E-state index contributed by atoms with van der Waals surface area (Å²) < 4.78 is 16.2. The topological polar surface area (TPSA) is 60.4 Å². The quantitative estimate of drug-likeness (QED) is 0.470. The van der Waals surface area contributed by atoms with E-state index in [2.05, 4.69) is 0 Å². The summed E-state index contributed by atoms with van der Waals surface area (Å²) in [6, 6.07) is 21.3. The highest BCUT2D eigenvalue weighted by atomic mass is 32.2. The Kier molecular flexibility index (Phi) is 5.79. The maximum atomic E-state index is 13.4. The van der Waals surface area contributed by atoms with Crippen LogP contribution in [-0.4, -0.2) is 29.9 Å². The first-order valence-electron chi connectivity index (χ1n) is 10.5. The fourth-order valence-electron chi connectivity index (χ4n) is 3.65. The van der Waals surface area contributed by atoms with Crippen molar-refractivity contribution in [3.05, 3.63) is 88.3 Å². The first-order chi connectivity index (χ1) is 16.1. The van der Waals surface area contributed by atoms with Gasteiger partial charge in [-0.25, -0.2) is 4.99 Å². The molecule has 0 aromatic heterocycles. The number of ether oxygens (including phenoxy) is 3. The van der Waals surface area contributed by atoms with E-state index in [4.69, 9.17) is 19.2 Å². The largest absolute Gasteiger partial charge is 0.497 e. The third-order valence-corrected chi connectivity index (χ3v) is 6.29. The maximum absolute atomic E-state index is 13.4. The molecule has 6 nitrogen and oxygen atoms in total. The first kappa shape index (κ1) is 21.2. The SMILES string of the molecule is COc1cccc(CN2C(=O)C(=Cc3ccc4c(c3)OCO4)SC2=Nc2cccc(C)c2)c1. The Morgan fingerprint density at radius 2 is 1.91 bits per heavy atom. The molecule has 5 rings (SSSR count). The van der Waals surface area contributed by atoms with Crippen molar-refractivity contribution >= 4 is 34.6 Å². The molecular formula is C26H22N2O4S. The van der Waals surface area contributed by atoms with E-state index in [-0.39, 0.29) is 12.7 Å². The number of hydrogen-bond donors (Lipinski definition) is 0. The monoisotopic (exact) mass is 458 g/mol. The average molecular weight is 459 g/mol. The standard InChI is InChI=1S/C26H22N2O4S/c1-17-5-3-7-20(11-17)27-26-28(15-19-6-4-8-21(12-19)30-2)25(29)24(33-26)14-18-9-10-22-23(13-18)32-16-31-22/h3-14H,15-16H2,1-2H3. The van der Waals surface area contributed by atoms with E-state index in [9.17, 15) is 4.79 Å². The summed E-state index contributed by atoms with van der Waals surface area (Å²) in [7, 11) is 1.63. The van der Waals surface area contributed by atoms with Crippen LogP contribution >= 0.6 is 11.8 Å². The van der Waals surface area contributed by atoms with Crippen molar-refractivity contribution in [2.45, 2.75) is 13.5 Å². The van der Waals surface area contributed by atoms with Crippen LogP contribution in [-0.2, 0) is 11.3 Å². The lowest BCUT2D eigenvalue weighted by molar-refractivity contribution is -0.122. The van der Waals surface area contributed by atoms with Gasteiger partial charge in [-0.2, -0.15) is 0 Å². The molecule has 166 valence electrons. The van der Waals surface area contributed by atoms with E-state index in [0.29, 0.717) is 28.1 Å². The van der Waals surface area contributed by atoms with Crippen LogP contribution in [0.5, 0.6) is 17.2 Å². The van der Waals surface area contributed by atoms with Crippen molar-refractivity contribution in [2.24, 2.45) is 4.99 Å². The molecule has 0 spiro atoms. The van der Waals surface area contributed by atoms with Gasteiger partial charge in [-0.1, -0.05) is 30.3 Å². The fraction of sp³-hybridized carbons (Fsp3) is 0.154. The van der Waals surface area contributed by atoms with Crippen LogP contribution in [0, 0.1) is 6.92 Å². The summed E-state index contributed by atoms with van der Waals surface area (Å²) in [5.74, 6) is 2.05. The molecule has 0 unspecified atom stereocenters. The number of thioether (sulfide) groups is 1. The Morgan fingerprint density at radius 1 is 1.06 bits per heavy atom. The molecule has 1 saturated heterocycles. The Balaban J connectivity index is 1.50. The number of nitrogens with zero attached hydrogens (tertiary/aromatic N) is 2. The predicted molar refractivity (Wildman–Crippen MR) is 130 cm³/mol. The normalized spacial score (nSPS) is 17.3. The summed E-state index contributed by atoms with van der Waals surface area (Å²) >= 11 is 1.37. The van der Waals surface area contributed by atoms with E-state index in [1.54, 1.807) is 12.0 Å². The molecule has 33 heavy (non-hydrogen) atoms. The number of methoxy groups -OCH3 is 1. The van der Waals surface area contributed by atoms with Crippen molar-refractivity contribution in [1.29, 1.82) is 0 Å². The second-order valence-electron chi connectivity index (χ2n) is 7.70. The lowest BCUT2D eigenvalue weighted by Gasteiger charge is -2.16. The molecule has 1 amide bonds. The first-order valence-corrected chi connectivity index (χ1v) is 11.3. The minimum atomic E-state index is -0.0908. The number of benzene rings is 3. The van der Waals surface area contributed by atoms with Crippen LogP contribution < -0.4 is 14.2 Å². The molecule has 0 atom stereocenters. The zero-order chi connectivity index (χ0) is 22.8. The van der Waals surface area contributed by atoms with Crippen LogP contribution in [0.25, 0.3) is 6.08 Å². The summed E-state index contributed by atoms with van der Waals surface area (Å²) in [5, 5.41) is 0.639. The fourth-order valence-corrected chi connectivity index (χ4v) is 4.64. The van der Waals surface area contributed by atoms with Gasteiger partial charge in [-0.05, 0) is 77.9 Å². The van der Waals surface area contributed by atoms with Gasteiger partial charge in [-0.3, -0.25) is 9.69 Å². The molecule has 0 radical (unpaired) electrons. The summed E-state index contributed by atoms with van der Waals surface area (Å²) in [6.07, 6.45) is 1.87. The van der Waals surface area contributed by atoms with Crippen molar-refractivity contribution in [2.75, 3.05) is 13.9 Å². The van der Waals surface area contributed by atoms with Gasteiger partial charge in [0.1, 0.15) is 5.75 Å². The number of hydrogen-bond acceptors (Lipinski definition) is 6. The second-order valence-corrected chi connectivity index (χ2v) is 8.71. The molecule has 2 heterocycles. The molecule has 0 aliphatic carbocycles. The van der Waals surface area contributed by atoms with E-state index < -0.39 is 0 Å². The number of carbonyl (C=O) groups excluding carboxylic acids is 1. The van der Waals surface area contributed by atoms with E-state index in [1.165, 1.54) is 11.8 Å². The number of rotatable bonds is 5. The minimum Gasteiger partial charge on any atom is -0.497 e. The van der Waals surface area contributed by atoms with Crippen LogP contribution in [0.1, 0.15) is 16.7 Å². The summed E-state index contributed by atoms with van der Waals surface area (Å²) in [5.41, 5.74) is 3.75. The third-order valence-electron chi connectivity index (χ3n) is 5.28. The summed E-state index contributed by atoms with van der Waals surface area (Å²) in [6.45, 7) is 2.63. The smallest absolute Gasteiger partial charge is 0.267 e. The van der Waals surface area contributed by atoms with Crippen LogP contribution in [0.15, 0.2) is 76.6 Å². The van der Waals surface area contributed by atoms with Crippen molar-refractivity contribution in [3.8, 4) is 17.2 Å². The zero-order valence-corrected chi connectivity index (χ0v) is 19.1. The van der Waals surface area contributed by atoms with Gasteiger partial charge in [0.25, 0.3) is 5.91 Å². The van der Waals surface area contributed by atoms with Gasteiger partial charge in [0, 0.05) is 0 Å². The van der Waals surface area contributed by atoms with Crippen LogP contribution in [0.4, 0.5) is 5.69 Å². The molecule has 0 N–H and O–H groups in total. The minimum absolute atomic E-state index is 0.0908. The third kappa shape index (κ3) is 4.59. The predicted octanol–water partition coefficient (Wildman–Crippen LogP) is 5.54. The van der Waals surface area contributed by atoms with Gasteiger partial charge in [-0.15, -0.1) is 0 Å². The van der Waals surface area contributed by atoms with Crippen LogP contribution in [0.2, 0.25) is 0 Å². The lowest BCUT2D eigenvalue weighted by atomic mass is 10.1. The van der Waals surface area contributed by atoms with Gasteiger partial charge in [0.05, 0.1) is 24.2 Å². The van der Waals surface area contributed by atoms with E-state index in [0.717, 1.165) is 28.1 Å². The highest BCUT2D eigenvalue weighted by Gasteiger charge is 2.33. The van der Waals surface area contributed by atoms with Crippen molar-refractivity contribution in [1.82, 2.24) is 4.90 Å². The van der Waals surface area contributed by atoms with Gasteiger partial charge in [0.2, 0.25) is 6.79 Å². The van der Waals surface area contributed by atoms with Crippen molar-refractivity contribution < 1.29 is 19.0 Å². The Bertz CT molecular complexity index is 1280. The van der Waals surface area contributed by atoms with Gasteiger partial charge < -0.3 is 14.2 Å². The van der Waals surface area contributed by atoms with Gasteiger partial charge >= 0.3 is 0 Å². The Morgan fingerprint density at radius 3 is 2.76 bits per heavy atom. The van der Waals surface area contributed by atoms with Crippen molar-refractivity contribution in [3.63, 3.8) is 0 Å². The molecular weight excluding hydrogens is 436 g/mol. The van der Waals surface area contributed by atoms with Gasteiger partial charge in [0.15, 0.2) is 16.7 Å². The summed E-state index contributed by atoms with van der Waals surface area (Å²) in [4.78, 5) is 20.6. The molecule has 7 heteroatoms. The maximum Gasteiger partial charge on any atom is 0.267 e. The highest BCUT2D eigenvalue weighted by molar-refractivity contribution is 8.18. The van der Waals surface area contributed by atoms with E-state index >= 15 is 0 Å². The van der Waals surface area contributed by atoms with E-state index in [1.807, 2.05) is 79.7 Å². The number of fused-ring (bicyclic) bond motifs is 1. The average Bonchev–Trinajstić information content (AvgIpc) is 3.39. The lowest BCUT2D eigenvalue weighted by Crippen LogP contribution is -2.28. The molecule has 2 aliphatic heterocycles. The molecule has 1 fully saturated rings. The Hall–Kier alpha value is -3.71. The number of amidine groups is 1. The number of amides is 1. The Labute approximate surface area is 196 Å². The molecule has 3 aromatic carbocycles. The second kappa shape index (κ2) is 9.03. The molecule has 3 aromatic rings. The number of aliphatic imine (C=N–C) groups is 1. The molecule has 0 bridgehead atoms. The molecule has 2 aliphatic rings. The molecule has 0 saturated carbocycles. The number of aryl methyl sites for hydroxylation is 1. The number of carbonyl (C=O) groups is 1. The highest BCUT2D eigenvalue weighted by Crippen LogP contribution is 2.38. The zero-order valence-electron chi connectivity index (χ0n) is 18.3. The van der Waals surface area contributed by atoms with Crippen LogP contribution in [0.3, 0.4) is 0 Å².